The number of nitrogens with one attached hydrogen (secondary N) is 2. The summed E-state index contributed by atoms with van der Waals surface area (Å²) in [7, 11) is 3.14. The van der Waals surface area contributed by atoms with Crippen molar-refractivity contribution in [3.8, 4) is 5.75 Å². The lowest BCUT2D eigenvalue weighted by Gasteiger charge is -2.35. The van der Waals surface area contributed by atoms with Crippen LogP contribution < -0.4 is 25.8 Å². The Kier molecular flexibility index (Phi) is 7.39. The minimum atomic E-state index is -0.367. The Labute approximate surface area is 207 Å². The van der Waals surface area contributed by atoms with E-state index in [4.69, 9.17) is 16.3 Å². The van der Waals surface area contributed by atoms with Gasteiger partial charge in [-0.05, 0) is 36.6 Å². The zero-order valence-electron chi connectivity index (χ0n) is 19.8. The quantitative estimate of drug-likeness (QED) is 0.511. The molecule has 0 aliphatic carbocycles. The second-order valence-electron chi connectivity index (χ2n) is 8.87. The molecule has 11 heteroatoms. The van der Waals surface area contributed by atoms with Gasteiger partial charge >= 0.3 is 0 Å². The van der Waals surface area contributed by atoms with Gasteiger partial charge in [0.15, 0.2) is 18.2 Å². The van der Waals surface area contributed by atoms with Crippen LogP contribution in [0.15, 0.2) is 35.3 Å². The smallest absolute Gasteiger partial charge is 0.293 e. The van der Waals surface area contributed by atoms with Crippen LogP contribution in [0, 0.1) is 11.8 Å². The van der Waals surface area contributed by atoms with Crippen LogP contribution in [0.5, 0.6) is 5.75 Å². The van der Waals surface area contributed by atoms with E-state index in [1.807, 2.05) is 17.0 Å². The second-order valence-corrected chi connectivity index (χ2v) is 9.27. The number of benzene rings is 1. The molecule has 1 amide bonds. The van der Waals surface area contributed by atoms with Gasteiger partial charge in [0.05, 0.1) is 18.4 Å². The number of carbonyl (C=O) groups is 1. The van der Waals surface area contributed by atoms with Crippen LogP contribution in [-0.2, 0) is 11.8 Å². The first-order chi connectivity index (χ1) is 16.8. The van der Waals surface area contributed by atoms with Crippen molar-refractivity contribution in [2.75, 3.05) is 43.6 Å². The summed E-state index contributed by atoms with van der Waals surface area (Å²) < 4.78 is 20.2. The number of anilines is 3. The predicted octanol–water partition coefficient (Wildman–Crippen LogP) is 3.28. The number of alkyl halides is 1. The van der Waals surface area contributed by atoms with Gasteiger partial charge in [-0.2, -0.15) is 4.98 Å². The molecular weight excluding hydrogens is 475 g/mol. The third kappa shape index (κ3) is 5.48. The highest BCUT2D eigenvalue weighted by Gasteiger charge is 2.26. The molecule has 1 fully saturated rings. The molecule has 4 rings (SSSR count). The minimum absolute atomic E-state index is 0.0404. The maximum Gasteiger partial charge on any atom is 0.293 e. The third-order valence-corrected chi connectivity index (χ3v) is 6.35. The number of carbonyl (C=O) groups excluding carboxylic acids is 1. The van der Waals surface area contributed by atoms with E-state index < -0.39 is 0 Å². The molecule has 35 heavy (non-hydrogen) atoms. The first-order valence-corrected chi connectivity index (χ1v) is 11.7. The fourth-order valence-electron chi connectivity index (χ4n) is 4.34. The van der Waals surface area contributed by atoms with Crippen LogP contribution in [0.2, 0.25) is 5.02 Å². The number of pyridine rings is 1. The van der Waals surface area contributed by atoms with Gasteiger partial charge in [0.2, 0.25) is 5.95 Å². The van der Waals surface area contributed by atoms with Gasteiger partial charge in [-0.25, -0.2) is 4.98 Å². The molecule has 0 bridgehead atoms. The normalized spacial score (nSPS) is 17.9. The van der Waals surface area contributed by atoms with Crippen LogP contribution in [0.3, 0.4) is 0 Å². The van der Waals surface area contributed by atoms with Gasteiger partial charge in [-0.1, -0.05) is 18.5 Å². The summed E-state index contributed by atoms with van der Waals surface area (Å²) in [6, 6.07) is 7.05. The van der Waals surface area contributed by atoms with Crippen molar-refractivity contribution in [2.24, 2.45) is 18.9 Å². The van der Waals surface area contributed by atoms with Crippen LogP contribution in [-0.4, -0.2) is 53.9 Å². The molecule has 3 heterocycles. The molecule has 186 valence electrons. The number of piperidine rings is 1. The van der Waals surface area contributed by atoms with E-state index in [2.05, 4.69) is 27.5 Å². The zero-order valence-corrected chi connectivity index (χ0v) is 20.6. The lowest BCUT2D eigenvalue weighted by Crippen LogP contribution is -2.41. The lowest BCUT2D eigenvalue weighted by atomic mass is 9.91. The third-order valence-electron chi connectivity index (χ3n) is 6.07. The van der Waals surface area contributed by atoms with Crippen molar-refractivity contribution in [3.05, 3.63) is 45.8 Å². The van der Waals surface area contributed by atoms with E-state index in [1.165, 1.54) is 17.8 Å². The standard InChI is InChI=1S/C24H28ClFN6O3/c1-14-6-15(9-26)12-32(11-14)24-28-10-18(25)22(30-24)29-17-4-5-19-16(7-17)8-20(23(34)31(19)3)35-13-21(33)27-2/h4-5,7-8,10,14-15H,6,9,11-13H2,1-3H3,(H,27,33)(H,28,29,30). The number of ether oxygens (including phenoxy) is 1. The molecule has 1 saturated heterocycles. The number of likely N-dealkylation sites (N-methyl/N-ethyl adjacent to an activating group) is 1. The van der Waals surface area contributed by atoms with E-state index in [0.29, 0.717) is 40.5 Å². The highest BCUT2D eigenvalue weighted by molar-refractivity contribution is 6.32. The summed E-state index contributed by atoms with van der Waals surface area (Å²) in [5.41, 5.74) is 1.04. The highest BCUT2D eigenvalue weighted by Crippen LogP contribution is 2.30. The number of aromatic nitrogens is 3. The number of rotatable bonds is 7. The molecule has 1 aliphatic heterocycles. The van der Waals surface area contributed by atoms with E-state index in [1.54, 1.807) is 19.2 Å². The Morgan fingerprint density at radius 2 is 2.11 bits per heavy atom. The Balaban J connectivity index is 1.61. The van der Waals surface area contributed by atoms with Gasteiger partial charge in [0, 0.05) is 44.2 Å². The van der Waals surface area contributed by atoms with Crippen molar-refractivity contribution < 1.29 is 13.9 Å². The summed E-state index contributed by atoms with van der Waals surface area (Å²) in [6.45, 7) is 2.78. The fraction of sp³-hybridized carbons (Fsp3) is 0.417. The van der Waals surface area contributed by atoms with E-state index >= 15 is 0 Å². The van der Waals surface area contributed by atoms with Gasteiger partial charge in [0.25, 0.3) is 11.5 Å². The molecule has 3 aromatic rings. The number of nitrogens with zero attached hydrogens (tertiary/aromatic N) is 4. The summed E-state index contributed by atoms with van der Waals surface area (Å²) in [6.07, 6.45) is 2.38. The Bertz CT molecular complexity index is 1300. The van der Waals surface area contributed by atoms with Gasteiger partial charge in [-0.3, -0.25) is 14.0 Å². The molecule has 2 N–H and O–H groups in total. The average Bonchev–Trinajstić information content (AvgIpc) is 2.85. The van der Waals surface area contributed by atoms with Crippen LogP contribution in [0.1, 0.15) is 13.3 Å². The number of fused-ring (bicyclic) bond motifs is 1. The molecule has 9 nitrogen and oxygen atoms in total. The summed E-state index contributed by atoms with van der Waals surface area (Å²) in [5.74, 6) is 0.956. The predicted molar refractivity (Wildman–Crippen MR) is 135 cm³/mol. The van der Waals surface area contributed by atoms with E-state index in [-0.39, 0.29) is 36.4 Å². The van der Waals surface area contributed by atoms with Crippen molar-refractivity contribution in [1.82, 2.24) is 19.9 Å². The molecule has 1 aliphatic rings. The summed E-state index contributed by atoms with van der Waals surface area (Å²) in [4.78, 5) is 35.1. The molecule has 2 atom stereocenters. The average molecular weight is 503 g/mol. The van der Waals surface area contributed by atoms with Crippen LogP contribution >= 0.6 is 11.6 Å². The molecule has 0 saturated carbocycles. The lowest BCUT2D eigenvalue weighted by molar-refractivity contribution is -0.122. The number of hydrogen-bond donors (Lipinski definition) is 2. The topological polar surface area (TPSA) is 101 Å². The molecule has 1 aromatic carbocycles. The van der Waals surface area contributed by atoms with E-state index in [9.17, 15) is 14.0 Å². The fourth-order valence-corrected chi connectivity index (χ4v) is 4.48. The molecular formula is C24H28ClFN6O3. The zero-order chi connectivity index (χ0) is 25.1. The van der Waals surface area contributed by atoms with Crippen LogP contribution in [0.25, 0.3) is 10.9 Å². The molecule has 2 aromatic heterocycles. The van der Waals surface area contributed by atoms with Gasteiger partial charge < -0.3 is 24.8 Å². The monoisotopic (exact) mass is 502 g/mol. The first-order valence-electron chi connectivity index (χ1n) is 11.4. The van der Waals surface area contributed by atoms with Crippen molar-refractivity contribution in [1.29, 1.82) is 0 Å². The largest absolute Gasteiger partial charge is 0.478 e. The molecule has 0 radical (unpaired) electrons. The van der Waals surface area contributed by atoms with Crippen molar-refractivity contribution in [3.63, 3.8) is 0 Å². The maximum absolute atomic E-state index is 13.3. The van der Waals surface area contributed by atoms with Crippen molar-refractivity contribution >= 4 is 45.9 Å². The molecule has 0 spiro atoms. The number of halogens is 2. The summed E-state index contributed by atoms with van der Waals surface area (Å²) >= 11 is 6.37. The summed E-state index contributed by atoms with van der Waals surface area (Å²) in [5, 5.41) is 6.74. The Morgan fingerprint density at radius 1 is 1.31 bits per heavy atom. The van der Waals surface area contributed by atoms with Crippen LogP contribution in [0.4, 0.5) is 21.8 Å². The SMILES string of the molecule is CNC(=O)COc1cc2cc(Nc3nc(N4CC(C)CC(CF)C4)ncc3Cl)ccc2n(C)c1=O. The first kappa shape index (κ1) is 24.7. The maximum atomic E-state index is 13.3. The number of amides is 1. The van der Waals surface area contributed by atoms with Crippen molar-refractivity contribution in [2.45, 2.75) is 13.3 Å². The Morgan fingerprint density at radius 3 is 2.86 bits per heavy atom. The van der Waals surface area contributed by atoms with Gasteiger partial charge in [0.1, 0.15) is 5.02 Å². The van der Waals surface area contributed by atoms with Gasteiger partial charge in [-0.15, -0.1) is 0 Å². The number of aryl methyl sites for hydroxylation is 1. The Hall–Kier alpha value is -3.40. The van der Waals surface area contributed by atoms with E-state index in [0.717, 1.165) is 18.4 Å². The number of hydrogen-bond acceptors (Lipinski definition) is 7. The highest BCUT2D eigenvalue weighted by atomic mass is 35.5. The molecule has 2 unspecified atom stereocenters. The second kappa shape index (κ2) is 10.5. The minimum Gasteiger partial charge on any atom is -0.478 e.